The van der Waals surface area contributed by atoms with Gasteiger partial charge in [0.2, 0.25) is 15.9 Å². The molecule has 0 aliphatic carbocycles. The van der Waals surface area contributed by atoms with Crippen molar-refractivity contribution >= 4 is 49.4 Å². The highest BCUT2D eigenvalue weighted by atomic mass is 79.9. The van der Waals surface area contributed by atoms with Gasteiger partial charge in [0.25, 0.3) is 5.91 Å². The van der Waals surface area contributed by atoms with Crippen molar-refractivity contribution in [2.24, 2.45) is 0 Å². The molecule has 0 aromatic heterocycles. The molecule has 3 aromatic rings. The molecule has 1 atom stereocenters. The van der Waals surface area contributed by atoms with E-state index in [1.54, 1.807) is 24.3 Å². The minimum absolute atomic E-state index is 0.0129. The Hall–Kier alpha value is -3.34. The van der Waals surface area contributed by atoms with Crippen LogP contribution in [0, 0.1) is 6.92 Å². The number of carbonyl (C=O) groups is 3. The molecule has 1 aliphatic rings. The van der Waals surface area contributed by atoms with Gasteiger partial charge in [0.05, 0.1) is 29.7 Å². The predicted octanol–water partition coefficient (Wildman–Crippen LogP) is 4.07. The number of sulfonamides is 1. The van der Waals surface area contributed by atoms with Crippen LogP contribution in [0.1, 0.15) is 27.9 Å². The summed E-state index contributed by atoms with van der Waals surface area (Å²) in [5, 5.41) is 0. The van der Waals surface area contributed by atoms with Gasteiger partial charge in [-0.3, -0.25) is 9.59 Å². The molecule has 1 unspecified atom stereocenters. The van der Waals surface area contributed by atoms with Gasteiger partial charge in [-0.2, -0.15) is 4.31 Å². The van der Waals surface area contributed by atoms with E-state index in [-0.39, 0.29) is 29.1 Å². The second kappa shape index (κ2) is 10.3. The predicted molar refractivity (Wildman–Crippen MR) is 137 cm³/mol. The van der Waals surface area contributed by atoms with Crippen molar-refractivity contribution in [2.45, 2.75) is 30.8 Å². The molecule has 0 spiro atoms. The van der Waals surface area contributed by atoms with Gasteiger partial charge in [-0.1, -0.05) is 45.8 Å². The largest absolute Gasteiger partial charge is 0.465 e. The fourth-order valence-corrected chi connectivity index (χ4v) is 5.79. The number of esters is 1. The fraction of sp³-hybridized carbons (Fsp3) is 0.192. The zero-order valence-corrected chi connectivity index (χ0v) is 22.0. The van der Waals surface area contributed by atoms with Crippen molar-refractivity contribution < 1.29 is 27.5 Å². The molecule has 1 saturated heterocycles. The molecular weight excluding hydrogens is 548 g/mol. The average Bonchev–Trinajstić information content (AvgIpc) is 3.16. The Morgan fingerprint density at radius 2 is 1.61 bits per heavy atom. The molecule has 36 heavy (non-hydrogen) atoms. The van der Waals surface area contributed by atoms with E-state index in [0.29, 0.717) is 10.0 Å². The SMILES string of the molecule is COC(=O)c1ccc(N2C(=O)CC(N(Cc3ccc(C)cc3)S(=O)(=O)c3ccc(Br)cc3)C2=O)cc1. The number of imide groups is 1. The third kappa shape index (κ3) is 5.11. The number of hydrogen-bond donors (Lipinski definition) is 0. The van der Waals surface area contributed by atoms with Gasteiger partial charge in [0, 0.05) is 11.0 Å². The Bertz CT molecular complexity index is 1400. The van der Waals surface area contributed by atoms with Crippen molar-refractivity contribution in [3.63, 3.8) is 0 Å². The van der Waals surface area contributed by atoms with Crippen LogP contribution in [0.5, 0.6) is 0 Å². The molecule has 1 fully saturated rings. The van der Waals surface area contributed by atoms with Gasteiger partial charge in [-0.25, -0.2) is 18.1 Å². The topological polar surface area (TPSA) is 101 Å². The van der Waals surface area contributed by atoms with Crippen molar-refractivity contribution in [1.29, 1.82) is 0 Å². The summed E-state index contributed by atoms with van der Waals surface area (Å²) in [4.78, 5) is 39.2. The van der Waals surface area contributed by atoms with Crippen molar-refractivity contribution in [3.8, 4) is 0 Å². The number of aryl methyl sites for hydroxylation is 1. The van der Waals surface area contributed by atoms with Crippen LogP contribution in [0.4, 0.5) is 5.69 Å². The maximum Gasteiger partial charge on any atom is 0.337 e. The molecule has 186 valence electrons. The molecule has 3 aromatic carbocycles. The van der Waals surface area contributed by atoms with E-state index < -0.39 is 33.8 Å². The lowest BCUT2D eigenvalue weighted by atomic mass is 10.1. The Balaban J connectivity index is 1.71. The zero-order chi connectivity index (χ0) is 26.0. The van der Waals surface area contributed by atoms with Gasteiger partial charge in [-0.15, -0.1) is 0 Å². The summed E-state index contributed by atoms with van der Waals surface area (Å²) >= 11 is 3.30. The van der Waals surface area contributed by atoms with E-state index in [9.17, 15) is 22.8 Å². The molecule has 8 nitrogen and oxygen atoms in total. The summed E-state index contributed by atoms with van der Waals surface area (Å²) in [5.41, 5.74) is 2.20. The standard InChI is InChI=1S/C26H23BrN2O6S/c1-17-3-5-18(6-4-17)16-28(36(33,34)22-13-9-20(27)10-14-22)23-15-24(30)29(25(23)31)21-11-7-19(8-12-21)26(32)35-2/h3-14,23H,15-16H2,1-2H3. The highest BCUT2D eigenvalue weighted by Gasteiger charge is 2.47. The van der Waals surface area contributed by atoms with Gasteiger partial charge in [0.15, 0.2) is 0 Å². The quantitative estimate of drug-likeness (QED) is 0.313. The third-order valence-corrected chi connectivity index (χ3v) is 8.29. The average molecular weight is 571 g/mol. The summed E-state index contributed by atoms with van der Waals surface area (Å²) in [6.07, 6.45) is -0.306. The third-order valence-electron chi connectivity index (χ3n) is 5.90. The number of amides is 2. The monoisotopic (exact) mass is 570 g/mol. The summed E-state index contributed by atoms with van der Waals surface area (Å²) in [7, 11) is -2.89. The van der Waals surface area contributed by atoms with Crippen LogP contribution in [0.2, 0.25) is 0 Å². The molecule has 0 N–H and O–H groups in total. The number of methoxy groups -OCH3 is 1. The summed E-state index contributed by atoms with van der Waals surface area (Å²) in [6.45, 7) is 1.83. The van der Waals surface area contributed by atoms with E-state index in [1.165, 1.54) is 43.5 Å². The minimum Gasteiger partial charge on any atom is -0.465 e. The molecule has 2 amide bonds. The number of anilines is 1. The first kappa shape index (κ1) is 25.7. The summed E-state index contributed by atoms with van der Waals surface area (Å²) in [5.74, 6) is -1.74. The van der Waals surface area contributed by atoms with Crippen LogP contribution in [0.25, 0.3) is 0 Å². The first-order valence-electron chi connectivity index (χ1n) is 11.0. The normalized spacial score (nSPS) is 16.0. The second-order valence-electron chi connectivity index (χ2n) is 8.32. The van der Waals surface area contributed by atoms with Gasteiger partial charge in [0.1, 0.15) is 6.04 Å². The Kier molecular flexibility index (Phi) is 7.39. The van der Waals surface area contributed by atoms with E-state index in [2.05, 4.69) is 20.7 Å². The molecule has 10 heteroatoms. The zero-order valence-electron chi connectivity index (χ0n) is 19.5. The maximum atomic E-state index is 13.7. The molecule has 0 radical (unpaired) electrons. The lowest BCUT2D eigenvalue weighted by molar-refractivity contribution is -0.122. The molecular formula is C26H23BrN2O6S. The highest BCUT2D eigenvalue weighted by molar-refractivity contribution is 9.10. The van der Waals surface area contributed by atoms with E-state index in [1.807, 2.05) is 19.1 Å². The van der Waals surface area contributed by atoms with Crippen molar-refractivity contribution in [1.82, 2.24) is 4.31 Å². The van der Waals surface area contributed by atoms with Crippen LogP contribution in [0.3, 0.4) is 0 Å². The van der Waals surface area contributed by atoms with Gasteiger partial charge >= 0.3 is 5.97 Å². The Morgan fingerprint density at radius 3 is 2.19 bits per heavy atom. The number of nitrogens with zero attached hydrogens (tertiary/aromatic N) is 2. The van der Waals surface area contributed by atoms with E-state index in [0.717, 1.165) is 14.8 Å². The number of ether oxygens (including phenoxy) is 1. The number of benzene rings is 3. The fourth-order valence-electron chi connectivity index (χ4n) is 3.95. The lowest BCUT2D eigenvalue weighted by Crippen LogP contribution is -2.45. The Morgan fingerprint density at radius 1 is 1.00 bits per heavy atom. The van der Waals surface area contributed by atoms with E-state index in [4.69, 9.17) is 0 Å². The maximum absolute atomic E-state index is 13.7. The van der Waals surface area contributed by atoms with E-state index >= 15 is 0 Å². The number of hydrogen-bond acceptors (Lipinski definition) is 6. The Labute approximate surface area is 217 Å². The minimum atomic E-state index is -4.14. The van der Waals surface area contributed by atoms with Gasteiger partial charge < -0.3 is 4.74 Å². The first-order valence-corrected chi connectivity index (χ1v) is 13.2. The van der Waals surface area contributed by atoms with Crippen molar-refractivity contribution in [3.05, 3.63) is 94.0 Å². The molecule has 0 saturated carbocycles. The number of rotatable bonds is 7. The van der Waals surface area contributed by atoms with Crippen LogP contribution in [0.15, 0.2) is 82.2 Å². The smallest absolute Gasteiger partial charge is 0.337 e. The van der Waals surface area contributed by atoms with Crippen LogP contribution in [-0.2, 0) is 30.9 Å². The number of halogens is 1. The number of carbonyl (C=O) groups excluding carboxylic acids is 3. The van der Waals surface area contributed by atoms with Crippen LogP contribution < -0.4 is 4.90 Å². The first-order chi connectivity index (χ1) is 17.1. The molecule has 4 rings (SSSR count). The second-order valence-corrected chi connectivity index (χ2v) is 11.1. The van der Waals surface area contributed by atoms with Crippen LogP contribution >= 0.6 is 15.9 Å². The van der Waals surface area contributed by atoms with Gasteiger partial charge in [-0.05, 0) is 61.0 Å². The lowest BCUT2D eigenvalue weighted by Gasteiger charge is -2.27. The summed E-state index contributed by atoms with van der Waals surface area (Å²) in [6, 6.07) is 18.0. The molecule has 1 heterocycles. The van der Waals surface area contributed by atoms with Crippen molar-refractivity contribution in [2.75, 3.05) is 12.0 Å². The molecule has 0 bridgehead atoms. The highest BCUT2D eigenvalue weighted by Crippen LogP contribution is 2.31. The molecule has 1 aliphatic heterocycles. The van der Waals surface area contributed by atoms with Crippen LogP contribution in [-0.4, -0.2) is 43.7 Å². The summed E-state index contributed by atoms with van der Waals surface area (Å²) < 4.78 is 33.9.